The first-order chi connectivity index (χ1) is 10.1. The summed E-state index contributed by atoms with van der Waals surface area (Å²) >= 11 is 1.67. The second kappa shape index (κ2) is 7.78. The van der Waals surface area contributed by atoms with Gasteiger partial charge in [-0.05, 0) is 42.1 Å². The van der Waals surface area contributed by atoms with Gasteiger partial charge in [-0.25, -0.2) is 4.39 Å². The summed E-state index contributed by atoms with van der Waals surface area (Å²) < 4.78 is 18.2. The first-order valence-electron chi connectivity index (χ1n) is 6.80. The molecule has 21 heavy (non-hydrogen) atoms. The van der Waals surface area contributed by atoms with E-state index in [9.17, 15) is 9.18 Å². The van der Waals surface area contributed by atoms with E-state index in [1.165, 1.54) is 17.0 Å². The number of carbonyl (C=O) groups is 1. The molecule has 1 amide bonds. The van der Waals surface area contributed by atoms with Gasteiger partial charge in [0.2, 0.25) is 5.91 Å². The SMILES string of the molecule is CN(CCOc1ccc(F)cc1)C(=O)CCc1cccs1. The summed E-state index contributed by atoms with van der Waals surface area (Å²) in [6, 6.07) is 9.89. The molecule has 5 heteroatoms. The molecule has 1 heterocycles. The third-order valence-corrected chi connectivity index (χ3v) is 4.04. The fraction of sp³-hybridized carbons (Fsp3) is 0.312. The first-order valence-corrected chi connectivity index (χ1v) is 7.68. The van der Waals surface area contributed by atoms with E-state index in [0.29, 0.717) is 25.3 Å². The van der Waals surface area contributed by atoms with E-state index in [0.717, 1.165) is 6.42 Å². The van der Waals surface area contributed by atoms with Crippen molar-refractivity contribution in [1.29, 1.82) is 0 Å². The molecule has 2 aromatic rings. The number of amides is 1. The Bertz CT molecular complexity index is 554. The molecule has 0 N–H and O–H groups in total. The van der Waals surface area contributed by atoms with Gasteiger partial charge in [0.1, 0.15) is 18.2 Å². The second-order valence-electron chi connectivity index (χ2n) is 4.70. The molecule has 112 valence electrons. The van der Waals surface area contributed by atoms with Crippen LogP contribution in [0.5, 0.6) is 5.75 Å². The summed E-state index contributed by atoms with van der Waals surface area (Å²) in [4.78, 5) is 14.8. The third-order valence-electron chi connectivity index (χ3n) is 3.10. The molecule has 0 aliphatic heterocycles. The maximum Gasteiger partial charge on any atom is 0.222 e. The molecule has 1 aromatic carbocycles. The van der Waals surface area contributed by atoms with Crippen molar-refractivity contribution in [2.24, 2.45) is 0 Å². The van der Waals surface area contributed by atoms with Gasteiger partial charge in [0.15, 0.2) is 0 Å². The average molecular weight is 307 g/mol. The highest BCUT2D eigenvalue weighted by Crippen LogP contribution is 2.12. The van der Waals surface area contributed by atoms with Gasteiger partial charge in [0, 0.05) is 18.3 Å². The number of hydrogen-bond donors (Lipinski definition) is 0. The Hall–Kier alpha value is -1.88. The monoisotopic (exact) mass is 307 g/mol. The number of halogens is 1. The fourth-order valence-corrected chi connectivity index (χ4v) is 2.54. The highest BCUT2D eigenvalue weighted by molar-refractivity contribution is 7.09. The van der Waals surface area contributed by atoms with Crippen LogP contribution in [0.3, 0.4) is 0 Å². The van der Waals surface area contributed by atoms with Crippen LogP contribution in [-0.2, 0) is 11.2 Å². The topological polar surface area (TPSA) is 29.5 Å². The Balaban J connectivity index is 1.67. The number of aryl methyl sites for hydroxylation is 1. The number of nitrogens with zero attached hydrogens (tertiary/aromatic N) is 1. The van der Waals surface area contributed by atoms with E-state index >= 15 is 0 Å². The number of ether oxygens (including phenoxy) is 1. The molecule has 0 unspecified atom stereocenters. The molecule has 0 radical (unpaired) electrons. The lowest BCUT2D eigenvalue weighted by Gasteiger charge is -2.17. The highest BCUT2D eigenvalue weighted by atomic mass is 32.1. The van der Waals surface area contributed by atoms with Crippen LogP contribution in [0.25, 0.3) is 0 Å². The third kappa shape index (κ3) is 5.19. The van der Waals surface area contributed by atoms with Gasteiger partial charge in [0.05, 0.1) is 6.54 Å². The predicted octanol–water partition coefficient (Wildman–Crippen LogP) is 3.36. The summed E-state index contributed by atoms with van der Waals surface area (Å²) in [5, 5.41) is 2.01. The van der Waals surface area contributed by atoms with Crippen molar-refractivity contribution in [1.82, 2.24) is 4.90 Å². The zero-order chi connectivity index (χ0) is 15.1. The molecule has 0 fully saturated rings. The lowest BCUT2D eigenvalue weighted by Crippen LogP contribution is -2.30. The minimum absolute atomic E-state index is 0.103. The van der Waals surface area contributed by atoms with Crippen LogP contribution in [0.4, 0.5) is 4.39 Å². The molecule has 0 bridgehead atoms. The lowest BCUT2D eigenvalue weighted by atomic mass is 10.2. The van der Waals surface area contributed by atoms with Crippen LogP contribution < -0.4 is 4.74 Å². The number of hydrogen-bond acceptors (Lipinski definition) is 3. The Kier molecular flexibility index (Phi) is 5.75. The van der Waals surface area contributed by atoms with E-state index < -0.39 is 0 Å². The Morgan fingerprint density at radius 1 is 1.29 bits per heavy atom. The molecule has 3 nitrogen and oxygen atoms in total. The smallest absolute Gasteiger partial charge is 0.222 e. The van der Waals surface area contributed by atoms with Gasteiger partial charge in [-0.15, -0.1) is 11.3 Å². The molecule has 1 aromatic heterocycles. The Morgan fingerprint density at radius 2 is 2.05 bits per heavy atom. The van der Waals surface area contributed by atoms with Crippen molar-refractivity contribution in [2.75, 3.05) is 20.2 Å². The molecule has 0 atom stereocenters. The van der Waals surface area contributed by atoms with E-state index in [2.05, 4.69) is 0 Å². The van der Waals surface area contributed by atoms with E-state index in [1.807, 2.05) is 17.5 Å². The van der Waals surface area contributed by atoms with Gasteiger partial charge in [-0.3, -0.25) is 4.79 Å². The van der Waals surface area contributed by atoms with Crippen molar-refractivity contribution < 1.29 is 13.9 Å². The van der Waals surface area contributed by atoms with Crippen LogP contribution >= 0.6 is 11.3 Å². The molecule has 0 saturated heterocycles. The number of likely N-dealkylation sites (N-methyl/N-ethyl adjacent to an activating group) is 1. The number of rotatable bonds is 7. The fourth-order valence-electron chi connectivity index (χ4n) is 1.83. The van der Waals surface area contributed by atoms with Gasteiger partial charge in [0.25, 0.3) is 0 Å². The highest BCUT2D eigenvalue weighted by Gasteiger charge is 2.09. The van der Waals surface area contributed by atoms with Gasteiger partial charge in [-0.1, -0.05) is 6.07 Å². The maximum absolute atomic E-state index is 12.7. The minimum atomic E-state index is -0.289. The Labute approximate surface area is 128 Å². The first kappa shape index (κ1) is 15.5. The molecule has 0 spiro atoms. The van der Waals surface area contributed by atoms with Gasteiger partial charge >= 0.3 is 0 Å². The number of thiophene rings is 1. The summed E-state index contributed by atoms with van der Waals surface area (Å²) in [6.07, 6.45) is 1.28. The van der Waals surface area contributed by atoms with Crippen molar-refractivity contribution in [3.05, 3.63) is 52.5 Å². The molecule has 0 saturated carbocycles. The zero-order valence-electron chi connectivity index (χ0n) is 11.9. The maximum atomic E-state index is 12.7. The van der Waals surface area contributed by atoms with Crippen LogP contribution in [0.1, 0.15) is 11.3 Å². The second-order valence-corrected chi connectivity index (χ2v) is 5.73. The molecule has 2 rings (SSSR count). The van der Waals surface area contributed by atoms with Gasteiger partial charge < -0.3 is 9.64 Å². The predicted molar refractivity (Wildman–Crippen MR) is 82.2 cm³/mol. The minimum Gasteiger partial charge on any atom is -0.492 e. The van der Waals surface area contributed by atoms with Crippen LogP contribution in [0, 0.1) is 5.82 Å². The van der Waals surface area contributed by atoms with E-state index in [4.69, 9.17) is 4.74 Å². The summed E-state index contributed by atoms with van der Waals surface area (Å²) in [7, 11) is 1.77. The van der Waals surface area contributed by atoms with Crippen LogP contribution in [0.2, 0.25) is 0 Å². The number of benzene rings is 1. The number of carbonyl (C=O) groups excluding carboxylic acids is 1. The van der Waals surface area contributed by atoms with E-state index in [1.54, 1.807) is 35.4 Å². The zero-order valence-corrected chi connectivity index (χ0v) is 12.7. The molecular weight excluding hydrogens is 289 g/mol. The lowest BCUT2D eigenvalue weighted by molar-refractivity contribution is -0.130. The van der Waals surface area contributed by atoms with Crippen molar-refractivity contribution >= 4 is 17.2 Å². The normalized spacial score (nSPS) is 10.4. The Morgan fingerprint density at radius 3 is 2.71 bits per heavy atom. The molecule has 0 aliphatic rings. The molecular formula is C16H18FNO2S. The molecule has 0 aliphatic carbocycles. The van der Waals surface area contributed by atoms with Crippen LogP contribution in [-0.4, -0.2) is 31.0 Å². The van der Waals surface area contributed by atoms with Crippen molar-refractivity contribution in [2.45, 2.75) is 12.8 Å². The summed E-state index contributed by atoms with van der Waals surface area (Å²) in [5.74, 6) is 0.421. The van der Waals surface area contributed by atoms with E-state index in [-0.39, 0.29) is 11.7 Å². The van der Waals surface area contributed by atoms with Crippen LogP contribution in [0.15, 0.2) is 41.8 Å². The summed E-state index contributed by atoms with van der Waals surface area (Å²) in [6.45, 7) is 0.910. The largest absolute Gasteiger partial charge is 0.492 e. The quantitative estimate of drug-likeness (QED) is 0.785. The van der Waals surface area contributed by atoms with Crippen molar-refractivity contribution in [3.8, 4) is 5.75 Å². The van der Waals surface area contributed by atoms with Crippen molar-refractivity contribution in [3.63, 3.8) is 0 Å². The summed E-state index contributed by atoms with van der Waals surface area (Å²) in [5.41, 5.74) is 0. The standard InChI is InChI=1S/C16H18FNO2S/c1-18(16(19)9-8-15-3-2-12-21-15)10-11-20-14-6-4-13(17)5-7-14/h2-7,12H,8-11H2,1H3. The van der Waals surface area contributed by atoms with Gasteiger partial charge in [-0.2, -0.15) is 0 Å². The average Bonchev–Trinajstić information content (AvgIpc) is 3.00.